The van der Waals surface area contributed by atoms with Gasteiger partial charge in [0.1, 0.15) is 0 Å². The van der Waals surface area contributed by atoms with Gasteiger partial charge >= 0.3 is 0 Å². The van der Waals surface area contributed by atoms with Crippen LogP contribution in [0.25, 0.3) is 0 Å². The molecule has 1 aliphatic heterocycles. The molecule has 1 fully saturated rings. The summed E-state index contributed by atoms with van der Waals surface area (Å²) < 4.78 is 5.33. The minimum Gasteiger partial charge on any atom is -0.385 e. The number of nitrogens with zero attached hydrogens (tertiary/aromatic N) is 2. The zero-order valence-corrected chi connectivity index (χ0v) is 11.8. The maximum atomic E-state index is 10.9. The average molecular weight is 279 g/mol. The molecule has 2 rings (SSSR count). The molecule has 0 unspecified atom stereocenters. The fraction of sp³-hybridized carbons (Fsp3) is 0.571. The van der Waals surface area contributed by atoms with E-state index >= 15 is 0 Å². The highest BCUT2D eigenvalue weighted by Crippen LogP contribution is 2.24. The molecule has 1 N–H and O–H groups in total. The highest BCUT2D eigenvalue weighted by molar-refractivity contribution is 5.56. The Morgan fingerprint density at radius 2 is 2.15 bits per heavy atom. The van der Waals surface area contributed by atoms with E-state index in [2.05, 4.69) is 17.1 Å². The summed E-state index contributed by atoms with van der Waals surface area (Å²) in [4.78, 5) is 12.8. The molecule has 0 saturated carbocycles. The first kappa shape index (κ1) is 14.7. The van der Waals surface area contributed by atoms with Crippen LogP contribution in [-0.4, -0.2) is 42.7 Å². The van der Waals surface area contributed by atoms with Crippen LogP contribution in [-0.2, 0) is 11.3 Å². The Morgan fingerprint density at radius 3 is 2.80 bits per heavy atom. The summed E-state index contributed by atoms with van der Waals surface area (Å²) in [6, 6.07) is 5.04. The second-order valence-electron chi connectivity index (χ2n) is 4.91. The zero-order chi connectivity index (χ0) is 14.4. The fourth-order valence-electron chi connectivity index (χ4n) is 2.26. The normalized spacial score (nSPS) is 16.1. The topological polar surface area (TPSA) is 67.6 Å². The third kappa shape index (κ3) is 3.91. The number of nitrogens with one attached hydrogen (secondary N) is 1. The van der Waals surface area contributed by atoms with E-state index in [1.165, 1.54) is 0 Å². The molecule has 0 aliphatic carbocycles. The van der Waals surface area contributed by atoms with Crippen LogP contribution in [0.3, 0.4) is 0 Å². The van der Waals surface area contributed by atoms with Crippen LogP contribution in [0, 0.1) is 10.1 Å². The van der Waals surface area contributed by atoms with E-state index in [0.717, 1.165) is 57.1 Å². The van der Waals surface area contributed by atoms with Crippen LogP contribution in [0.5, 0.6) is 0 Å². The molecule has 0 atom stereocenters. The Kier molecular flexibility index (Phi) is 5.31. The van der Waals surface area contributed by atoms with E-state index in [0.29, 0.717) is 0 Å². The molecule has 1 heterocycles. The largest absolute Gasteiger partial charge is 0.385 e. The summed E-state index contributed by atoms with van der Waals surface area (Å²) in [6.07, 6.45) is 1.02. The van der Waals surface area contributed by atoms with E-state index in [9.17, 15) is 10.1 Å². The standard InChI is InChI=1S/C14H21N3O3/c1-2-5-15-14-4-3-13(17(18)19)10-12(14)11-16-6-8-20-9-7-16/h3-4,10,15H,2,5-9,11H2,1H3. The quantitative estimate of drug-likeness (QED) is 0.639. The lowest BCUT2D eigenvalue weighted by Gasteiger charge is -2.27. The van der Waals surface area contributed by atoms with Gasteiger partial charge < -0.3 is 10.1 Å². The van der Waals surface area contributed by atoms with Crippen molar-refractivity contribution in [2.45, 2.75) is 19.9 Å². The molecule has 0 spiro atoms. The molecule has 1 aromatic carbocycles. The molecule has 110 valence electrons. The third-order valence-electron chi connectivity index (χ3n) is 3.36. The fourth-order valence-corrected chi connectivity index (χ4v) is 2.26. The predicted molar refractivity (Wildman–Crippen MR) is 78.0 cm³/mol. The van der Waals surface area contributed by atoms with Gasteiger partial charge in [-0.1, -0.05) is 6.92 Å². The molecular weight excluding hydrogens is 258 g/mol. The summed E-state index contributed by atoms with van der Waals surface area (Å²) in [6.45, 7) is 6.89. The van der Waals surface area contributed by atoms with E-state index in [1.807, 2.05) is 6.07 Å². The number of nitro groups is 1. The molecule has 0 aromatic heterocycles. The minimum atomic E-state index is -0.341. The first-order valence-corrected chi connectivity index (χ1v) is 7.02. The Morgan fingerprint density at radius 1 is 1.40 bits per heavy atom. The number of morpholine rings is 1. The number of hydrogen-bond acceptors (Lipinski definition) is 5. The summed E-state index contributed by atoms with van der Waals surface area (Å²) in [7, 11) is 0. The van der Waals surface area contributed by atoms with Gasteiger partial charge in [0.2, 0.25) is 0 Å². The van der Waals surface area contributed by atoms with Crippen molar-refractivity contribution < 1.29 is 9.66 Å². The van der Waals surface area contributed by atoms with E-state index in [4.69, 9.17) is 4.74 Å². The van der Waals surface area contributed by atoms with Gasteiger partial charge in [-0.25, -0.2) is 0 Å². The molecule has 0 amide bonds. The molecule has 6 heteroatoms. The highest BCUT2D eigenvalue weighted by atomic mass is 16.6. The summed E-state index contributed by atoms with van der Waals surface area (Å²) in [5.74, 6) is 0. The molecule has 20 heavy (non-hydrogen) atoms. The Balaban J connectivity index is 2.16. The van der Waals surface area contributed by atoms with Crippen molar-refractivity contribution in [1.82, 2.24) is 4.90 Å². The van der Waals surface area contributed by atoms with Crippen LogP contribution in [0.15, 0.2) is 18.2 Å². The van der Waals surface area contributed by atoms with Gasteiger partial charge in [-0.05, 0) is 18.1 Å². The molecule has 1 aliphatic rings. The summed E-state index contributed by atoms with van der Waals surface area (Å²) in [5.41, 5.74) is 2.12. The third-order valence-corrected chi connectivity index (χ3v) is 3.36. The number of benzene rings is 1. The molecule has 6 nitrogen and oxygen atoms in total. The predicted octanol–water partition coefficient (Wildman–Crippen LogP) is 2.25. The summed E-state index contributed by atoms with van der Waals surface area (Å²) in [5, 5.41) is 14.3. The maximum absolute atomic E-state index is 10.9. The van der Waals surface area contributed by atoms with Crippen molar-refractivity contribution in [1.29, 1.82) is 0 Å². The van der Waals surface area contributed by atoms with E-state index < -0.39 is 0 Å². The molecule has 0 radical (unpaired) electrons. The average Bonchev–Trinajstić information content (AvgIpc) is 2.47. The first-order valence-electron chi connectivity index (χ1n) is 7.02. The maximum Gasteiger partial charge on any atom is 0.269 e. The lowest BCUT2D eigenvalue weighted by molar-refractivity contribution is -0.384. The second-order valence-corrected chi connectivity index (χ2v) is 4.91. The van der Waals surface area contributed by atoms with Crippen molar-refractivity contribution in [2.75, 3.05) is 38.2 Å². The summed E-state index contributed by atoms with van der Waals surface area (Å²) >= 11 is 0. The van der Waals surface area contributed by atoms with Crippen molar-refractivity contribution in [3.05, 3.63) is 33.9 Å². The number of anilines is 1. The lowest BCUT2D eigenvalue weighted by atomic mass is 10.1. The van der Waals surface area contributed by atoms with Gasteiger partial charge in [-0.15, -0.1) is 0 Å². The number of hydrogen-bond donors (Lipinski definition) is 1. The van der Waals surface area contributed by atoms with Gasteiger partial charge in [-0.3, -0.25) is 15.0 Å². The van der Waals surface area contributed by atoms with Crippen molar-refractivity contribution in [3.8, 4) is 0 Å². The second kappa shape index (κ2) is 7.21. The van der Waals surface area contributed by atoms with E-state index in [1.54, 1.807) is 12.1 Å². The highest BCUT2D eigenvalue weighted by Gasteiger charge is 2.15. The van der Waals surface area contributed by atoms with Gasteiger partial charge in [-0.2, -0.15) is 0 Å². The SMILES string of the molecule is CCCNc1ccc([N+](=O)[O-])cc1CN1CCOCC1. The minimum absolute atomic E-state index is 0.148. The molecule has 1 aromatic rings. The first-order chi connectivity index (χ1) is 9.70. The van der Waals surface area contributed by atoms with Gasteiger partial charge in [0.15, 0.2) is 0 Å². The van der Waals surface area contributed by atoms with Crippen LogP contribution < -0.4 is 5.32 Å². The molecular formula is C14H21N3O3. The number of nitro benzene ring substituents is 1. The zero-order valence-electron chi connectivity index (χ0n) is 11.8. The van der Waals surface area contributed by atoms with Gasteiger partial charge in [0.05, 0.1) is 18.1 Å². The monoisotopic (exact) mass is 279 g/mol. The van der Waals surface area contributed by atoms with Gasteiger partial charge in [0, 0.05) is 44.0 Å². The van der Waals surface area contributed by atoms with Crippen LogP contribution >= 0.6 is 0 Å². The smallest absolute Gasteiger partial charge is 0.269 e. The molecule has 0 bridgehead atoms. The van der Waals surface area contributed by atoms with Crippen molar-refractivity contribution in [2.24, 2.45) is 0 Å². The van der Waals surface area contributed by atoms with E-state index in [-0.39, 0.29) is 10.6 Å². The number of non-ortho nitro benzene ring substituents is 1. The Hall–Kier alpha value is -1.66. The Bertz CT molecular complexity index is 459. The van der Waals surface area contributed by atoms with Crippen molar-refractivity contribution in [3.63, 3.8) is 0 Å². The number of ether oxygens (including phenoxy) is 1. The van der Waals surface area contributed by atoms with Crippen LogP contribution in [0.4, 0.5) is 11.4 Å². The van der Waals surface area contributed by atoms with Gasteiger partial charge in [0.25, 0.3) is 5.69 Å². The Labute approximate surface area is 118 Å². The number of rotatable bonds is 6. The van der Waals surface area contributed by atoms with Crippen molar-refractivity contribution >= 4 is 11.4 Å². The molecule has 1 saturated heterocycles. The lowest BCUT2D eigenvalue weighted by Crippen LogP contribution is -2.35. The van der Waals surface area contributed by atoms with Crippen LogP contribution in [0.2, 0.25) is 0 Å². The van der Waals surface area contributed by atoms with Crippen LogP contribution in [0.1, 0.15) is 18.9 Å².